The molecular weight excluding hydrogens is 284 g/mol. The SMILES string of the molecule is NC(=O)CCN1CCC(c2ccccc2)(c2ccccc2)CC1. The van der Waals surface area contributed by atoms with E-state index in [1.165, 1.54) is 11.1 Å². The van der Waals surface area contributed by atoms with Crippen LogP contribution in [0.2, 0.25) is 0 Å². The van der Waals surface area contributed by atoms with Crippen molar-refractivity contribution in [2.45, 2.75) is 24.7 Å². The van der Waals surface area contributed by atoms with Crippen LogP contribution >= 0.6 is 0 Å². The summed E-state index contributed by atoms with van der Waals surface area (Å²) in [4.78, 5) is 13.4. The second-order valence-corrected chi connectivity index (χ2v) is 6.37. The number of rotatable bonds is 5. The van der Waals surface area contributed by atoms with Gasteiger partial charge in [-0.15, -0.1) is 0 Å². The number of nitrogens with zero attached hydrogens (tertiary/aromatic N) is 1. The Hall–Kier alpha value is -2.13. The summed E-state index contributed by atoms with van der Waals surface area (Å²) in [7, 11) is 0. The van der Waals surface area contributed by atoms with Crippen LogP contribution < -0.4 is 5.73 Å². The Bertz CT molecular complexity index is 590. The van der Waals surface area contributed by atoms with Gasteiger partial charge in [-0.25, -0.2) is 0 Å². The van der Waals surface area contributed by atoms with Crippen molar-refractivity contribution in [3.63, 3.8) is 0 Å². The summed E-state index contributed by atoms with van der Waals surface area (Å²) >= 11 is 0. The van der Waals surface area contributed by atoms with Gasteiger partial charge >= 0.3 is 0 Å². The lowest BCUT2D eigenvalue weighted by atomic mass is 9.68. The fraction of sp³-hybridized carbons (Fsp3) is 0.350. The molecule has 1 aliphatic rings. The number of amides is 1. The predicted octanol–water partition coefficient (Wildman–Crippen LogP) is 2.94. The molecule has 1 amide bonds. The van der Waals surface area contributed by atoms with Crippen molar-refractivity contribution < 1.29 is 4.79 Å². The summed E-state index contributed by atoms with van der Waals surface area (Å²) in [6.45, 7) is 2.77. The lowest BCUT2D eigenvalue weighted by Crippen LogP contribution is -2.44. The van der Waals surface area contributed by atoms with Crippen molar-refractivity contribution in [1.82, 2.24) is 4.90 Å². The van der Waals surface area contributed by atoms with Crippen molar-refractivity contribution in [3.05, 3.63) is 71.8 Å². The summed E-state index contributed by atoms with van der Waals surface area (Å²) in [5, 5.41) is 0. The topological polar surface area (TPSA) is 46.3 Å². The van der Waals surface area contributed by atoms with Gasteiger partial charge in [-0.05, 0) is 37.1 Å². The van der Waals surface area contributed by atoms with E-state index < -0.39 is 0 Å². The molecule has 0 saturated carbocycles. The first-order valence-electron chi connectivity index (χ1n) is 8.32. The lowest BCUT2D eigenvalue weighted by molar-refractivity contribution is -0.118. The monoisotopic (exact) mass is 308 g/mol. The fourth-order valence-electron chi connectivity index (χ4n) is 3.69. The molecule has 0 atom stereocenters. The van der Waals surface area contributed by atoms with Crippen molar-refractivity contribution >= 4 is 5.91 Å². The van der Waals surface area contributed by atoms with Crippen LogP contribution in [0, 0.1) is 0 Å². The Morgan fingerprint density at radius 2 is 1.39 bits per heavy atom. The maximum atomic E-state index is 11.0. The molecule has 2 N–H and O–H groups in total. The second kappa shape index (κ2) is 6.97. The van der Waals surface area contributed by atoms with Crippen molar-refractivity contribution in [2.24, 2.45) is 5.73 Å². The Kier molecular flexibility index (Phi) is 4.77. The van der Waals surface area contributed by atoms with Gasteiger partial charge in [0.05, 0.1) is 0 Å². The number of benzene rings is 2. The quantitative estimate of drug-likeness (QED) is 0.923. The van der Waals surface area contributed by atoms with Crippen molar-refractivity contribution in [3.8, 4) is 0 Å². The average Bonchev–Trinajstić information content (AvgIpc) is 2.62. The highest BCUT2D eigenvalue weighted by molar-refractivity contribution is 5.73. The molecule has 1 heterocycles. The summed E-state index contributed by atoms with van der Waals surface area (Å²) in [6.07, 6.45) is 2.59. The van der Waals surface area contributed by atoms with Crippen LogP contribution in [0.1, 0.15) is 30.4 Å². The van der Waals surface area contributed by atoms with Crippen LogP contribution in [-0.2, 0) is 10.2 Å². The van der Waals surface area contributed by atoms with Gasteiger partial charge < -0.3 is 10.6 Å². The third-order valence-electron chi connectivity index (χ3n) is 5.04. The number of likely N-dealkylation sites (tertiary alicyclic amines) is 1. The van der Waals surface area contributed by atoms with E-state index in [2.05, 4.69) is 65.6 Å². The zero-order valence-corrected chi connectivity index (χ0v) is 13.4. The molecule has 3 heteroatoms. The predicted molar refractivity (Wildman–Crippen MR) is 93.1 cm³/mol. The van der Waals surface area contributed by atoms with E-state index in [9.17, 15) is 4.79 Å². The molecule has 1 saturated heterocycles. The Balaban J connectivity index is 1.84. The standard InChI is InChI=1S/C20H24N2O/c21-19(23)11-14-22-15-12-20(13-16-22,17-7-3-1-4-8-17)18-9-5-2-6-10-18/h1-10H,11-16H2,(H2,21,23). The van der Waals surface area contributed by atoms with Crippen LogP contribution in [0.4, 0.5) is 0 Å². The molecule has 0 radical (unpaired) electrons. The highest BCUT2D eigenvalue weighted by Gasteiger charge is 2.37. The van der Waals surface area contributed by atoms with E-state index in [4.69, 9.17) is 5.73 Å². The molecule has 2 aromatic carbocycles. The number of carbonyl (C=O) groups excluding carboxylic acids is 1. The number of carbonyl (C=O) groups is 1. The molecule has 1 aliphatic heterocycles. The molecule has 3 rings (SSSR count). The van der Waals surface area contributed by atoms with Gasteiger partial charge in [0.15, 0.2) is 0 Å². The van der Waals surface area contributed by atoms with E-state index in [-0.39, 0.29) is 11.3 Å². The minimum Gasteiger partial charge on any atom is -0.370 e. The zero-order chi connectivity index (χ0) is 16.1. The molecule has 0 unspecified atom stereocenters. The van der Waals surface area contributed by atoms with Crippen LogP contribution in [0.3, 0.4) is 0 Å². The van der Waals surface area contributed by atoms with Crippen LogP contribution in [-0.4, -0.2) is 30.4 Å². The number of piperidine rings is 1. The van der Waals surface area contributed by atoms with Gasteiger partial charge in [0.1, 0.15) is 0 Å². The molecule has 0 aliphatic carbocycles. The van der Waals surface area contributed by atoms with Crippen molar-refractivity contribution in [1.29, 1.82) is 0 Å². The average molecular weight is 308 g/mol. The van der Waals surface area contributed by atoms with Crippen LogP contribution in [0.5, 0.6) is 0 Å². The highest BCUT2D eigenvalue weighted by atomic mass is 16.1. The first-order chi connectivity index (χ1) is 11.2. The highest BCUT2D eigenvalue weighted by Crippen LogP contribution is 2.41. The van der Waals surface area contributed by atoms with Gasteiger partial charge in [-0.2, -0.15) is 0 Å². The van der Waals surface area contributed by atoms with Gasteiger partial charge in [-0.1, -0.05) is 60.7 Å². The van der Waals surface area contributed by atoms with Gasteiger partial charge in [0.25, 0.3) is 0 Å². The van der Waals surface area contributed by atoms with Crippen molar-refractivity contribution in [2.75, 3.05) is 19.6 Å². The zero-order valence-electron chi connectivity index (χ0n) is 13.4. The van der Waals surface area contributed by atoms with Gasteiger partial charge in [0, 0.05) is 18.4 Å². The first kappa shape index (κ1) is 15.8. The molecule has 1 fully saturated rings. The number of hydrogen-bond donors (Lipinski definition) is 1. The third kappa shape index (κ3) is 3.45. The van der Waals surface area contributed by atoms with Crippen LogP contribution in [0.25, 0.3) is 0 Å². The minimum atomic E-state index is -0.215. The Morgan fingerprint density at radius 1 is 0.913 bits per heavy atom. The van der Waals surface area contributed by atoms with E-state index in [1.807, 2.05) is 0 Å². The summed E-state index contributed by atoms with van der Waals surface area (Å²) < 4.78 is 0. The summed E-state index contributed by atoms with van der Waals surface area (Å²) in [6, 6.07) is 21.6. The third-order valence-corrected chi connectivity index (χ3v) is 5.04. The maximum Gasteiger partial charge on any atom is 0.218 e. The number of hydrogen-bond acceptors (Lipinski definition) is 2. The van der Waals surface area contributed by atoms with E-state index in [0.717, 1.165) is 32.5 Å². The number of nitrogens with two attached hydrogens (primary N) is 1. The maximum absolute atomic E-state index is 11.0. The lowest BCUT2D eigenvalue weighted by Gasteiger charge is -2.43. The normalized spacial score (nSPS) is 17.7. The Morgan fingerprint density at radius 3 is 1.83 bits per heavy atom. The van der Waals surface area contributed by atoms with Gasteiger partial charge in [0.2, 0.25) is 5.91 Å². The Labute approximate surface area is 138 Å². The second-order valence-electron chi connectivity index (χ2n) is 6.37. The summed E-state index contributed by atoms with van der Waals surface area (Å²) in [5.74, 6) is -0.215. The van der Waals surface area contributed by atoms with E-state index in [0.29, 0.717) is 6.42 Å². The largest absolute Gasteiger partial charge is 0.370 e. The van der Waals surface area contributed by atoms with E-state index >= 15 is 0 Å². The fourth-order valence-corrected chi connectivity index (χ4v) is 3.69. The summed E-state index contributed by atoms with van der Waals surface area (Å²) in [5.41, 5.74) is 8.13. The molecule has 3 nitrogen and oxygen atoms in total. The molecule has 2 aromatic rings. The van der Waals surface area contributed by atoms with Crippen LogP contribution in [0.15, 0.2) is 60.7 Å². The first-order valence-corrected chi connectivity index (χ1v) is 8.32. The molecular formula is C20H24N2O. The molecule has 23 heavy (non-hydrogen) atoms. The molecule has 0 bridgehead atoms. The molecule has 120 valence electrons. The molecule has 0 aromatic heterocycles. The van der Waals surface area contributed by atoms with E-state index in [1.54, 1.807) is 0 Å². The minimum absolute atomic E-state index is 0.0751. The smallest absolute Gasteiger partial charge is 0.218 e. The molecule has 0 spiro atoms. The van der Waals surface area contributed by atoms with Gasteiger partial charge in [-0.3, -0.25) is 4.79 Å². The number of primary amides is 1.